The standard InChI is InChI=1S/C18H13N3O3/c22-17(16-2-1-9-23-16)20-10-12-3-5-13(6-4-12)18-21-14-11-19-8-7-15(14)24-18/h1-9,11H,10H2,(H,20,22). The molecule has 6 heteroatoms. The topological polar surface area (TPSA) is 81.2 Å². The van der Waals surface area contributed by atoms with Crippen molar-refractivity contribution >= 4 is 17.0 Å². The zero-order valence-corrected chi connectivity index (χ0v) is 12.6. The first-order valence-corrected chi connectivity index (χ1v) is 7.41. The number of carbonyl (C=O) groups excluding carboxylic acids is 1. The van der Waals surface area contributed by atoms with Gasteiger partial charge in [-0.3, -0.25) is 9.78 Å². The number of carbonyl (C=O) groups is 1. The Morgan fingerprint density at radius 2 is 2.00 bits per heavy atom. The van der Waals surface area contributed by atoms with Gasteiger partial charge >= 0.3 is 0 Å². The zero-order valence-electron chi connectivity index (χ0n) is 12.6. The SMILES string of the molecule is O=C(NCc1ccc(-c2nc3cnccc3o2)cc1)c1ccco1. The highest BCUT2D eigenvalue weighted by atomic mass is 16.3. The number of rotatable bonds is 4. The van der Waals surface area contributed by atoms with E-state index in [1.165, 1.54) is 6.26 Å². The molecule has 0 bridgehead atoms. The van der Waals surface area contributed by atoms with Gasteiger partial charge in [0.2, 0.25) is 5.89 Å². The van der Waals surface area contributed by atoms with Crippen molar-refractivity contribution < 1.29 is 13.6 Å². The van der Waals surface area contributed by atoms with Crippen molar-refractivity contribution in [3.63, 3.8) is 0 Å². The molecule has 0 saturated heterocycles. The molecule has 1 aromatic carbocycles. The van der Waals surface area contributed by atoms with Gasteiger partial charge in [0.1, 0.15) is 5.52 Å². The Bertz CT molecular complexity index is 939. The fourth-order valence-corrected chi connectivity index (χ4v) is 2.35. The van der Waals surface area contributed by atoms with E-state index in [4.69, 9.17) is 8.83 Å². The molecule has 3 aromatic heterocycles. The van der Waals surface area contributed by atoms with Gasteiger partial charge in [-0.05, 0) is 29.8 Å². The van der Waals surface area contributed by atoms with Crippen LogP contribution in [0.3, 0.4) is 0 Å². The smallest absolute Gasteiger partial charge is 0.287 e. The van der Waals surface area contributed by atoms with Crippen molar-refractivity contribution in [2.24, 2.45) is 0 Å². The molecule has 0 saturated carbocycles. The normalized spacial score (nSPS) is 10.8. The van der Waals surface area contributed by atoms with Gasteiger partial charge < -0.3 is 14.2 Å². The highest BCUT2D eigenvalue weighted by Gasteiger charge is 2.09. The highest BCUT2D eigenvalue weighted by molar-refractivity contribution is 5.91. The fourth-order valence-electron chi connectivity index (χ4n) is 2.35. The first kappa shape index (κ1) is 14.2. The molecule has 4 rings (SSSR count). The molecule has 0 radical (unpaired) electrons. The Morgan fingerprint density at radius 3 is 2.75 bits per heavy atom. The second-order valence-electron chi connectivity index (χ2n) is 5.22. The molecule has 0 fully saturated rings. The Morgan fingerprint density at radius 1 is 1.12 bits per heavy atom. The number of pyridine rings is 1. The molecule has 4 aromatic rings. The third-order valence-corrected chi connectivity index (χ3v) is 3.59. The average Bonchev–Trinajstić information content (AvgIpc) is 3.29. The molecule has 0 atom stereocenters. The molecular weight excluding hydrogens is 306 g/mol. The molecule has 6 nitrogen and oxygen atoms in total. The third kappa shape index (κ3) is 2.77. The number of hydrogen-bond acceptors (Lipinski definition) is 5. The third-order valence-electron chi connectivity index (χ3n) is 3.59. The van der Waals surface area contributed by atoms with Crippen LogP contribution < -0.4 is 5.32 Å². The quantitative estimate of drug-likeness (QED) is 0.623. The maximum Gasteiger partial charge on any atom is 0.287 e. The first-order valence-electron chi connectivity index (χ1n) is 7.41. The van der Waals surface area contributed by atoms with Gasteiger partial charge in [-0.2, -0.15) is 0 Å². The molecular formula is C18H13N3O3. The highest BCUT2D eigenvalue weighted by Crippen LogP contribution is 2.23. The minimum absolute atomic E-state index is 0.240. The van der Waals surface area contributed by atoms with Crippen molar-refractivity contribution in [2.75, 3.05) is 0 Å². The molecule has 24 heavy (non-hydrogen) atoms. The molecule has 1 amide bonds. The van der Waals surface area contributed by atoms with E-state index in [0.717, 1.165) is 16.6 Å². The van der Waals surface area contributed by atoms with Gasteiger partial charge in [-0.15, -0.1) is 0 Å². The molecule has 3 heterocycles. The van der Waals surface area contributed by atoms with Gasteiger partial charge in [-0.1, -0.05) is 12.1 Å². The number of nitrogens with one attached hydrogen (secondary N) is 1. The Balaban J connectivity index is 1.47. The summed E-state index contributed by atoms with van der Waals surface area (Å²) in [7, 11) is 0. The van der Waals surface area contributed by atoms with Crippen molar-refractivity contribution in [3.8, 4) is 11.5 Å². The van der Waals surface area contributed by atoms with E-state index in [2.05, 4.69) is 15.3 Å². The van der Waals surface area contributed by atoms with Gasteiger partial charge in [0.15, 0.2) is 11.3 Å². The second-order valence-corrected chi connectivity index (χ2v) is 5.22. The lowest BCUT2D eigenvalue weighted by atomic mass is 10.1. The van der Waals surface area contributed by atoms with Crippen molar-refractivity contribution in [2.45, 2.75) is 6.54 Å². The van der Waals surface area contributed by atoms with Crippen LogP contribution in [-0.2, 0) is 6.54 Å². The number of furan rings is 1. The number of amides is 1. The second kappa shape index (κ2) is 6.00. The van der Waals surface area contributed by atoms with E-state index in [-0.39, 0.29) is 5.91 Å². The molecule has 1 N–H and O–H groups in total. The Kier molecular flexibility index (Phi) is 3.55. The predicted molar refractivity (Wildman–Crippen MR) is 87.1 cm³/mol. The summed E-state index contributed by atoms with van der Waals surface area (Å²) in [6, 6.07) is 12.7. The van der Waals surface area contributed by atoms with E-state index >= 15 is 0 Å². The summed E-state index contributed by atoms with van der Waals surface area (Å²) < 4.78 is 10.8. The minimum Gasteiger partial charge on any atom is -0.459 e. The van der Waals surface area contributed by atoms with Crippen LogP contribution >= 0.6 is 0 Å². The summed E-state index contributed by atoms with van der Waals surface area (Å²) in [5.74, 6) is 0.603. The number of benzene rings is 1. The van der Waals surface area contributed by atoms with Crippen LogP contribution in [-0.4, -0.2) is 15.9 Å². The van der Waals surface area contributed by atoms with Crippen LogP contribution in [0, 0.1) is 0 Å². The lowest BCUT2D eigenvalue weighted by Gasteiger charge is -2.04. The van der Waals surface area contributed by atoms with E-state index in [1.807, 2.05) is 24.3 Å². The van der Waals surface area contributed by atoms with Gasteiger partial charge in [0.25, 0.3) is 5.91 Å². The maximum atomic E-state index is 11.8. The minimum atomic E-state index is -0.240. The Labute approximate surface area is 137 Å². The maximum absolute atomic E-state index is 11.8. The number of hydrogen-bond donors (Lipinski definition) is 1. The predicted octanol–water partition coefficient (Wildman–Crippen LogP) is 3.41. The largest absolute Gasteiger partial charge is 0.459 e. The number of oxazole rings is 1. The number of aromatic nitrogens is 2. The van der Waals surface area contributed by atoms with E-state index in [1.54, 1.807) is 30.6 Å². The fraction of sp³-hybridized carbons (Fsp3) is 0.0556. The monoisotopic (exact) mass is 319 g/mol. The van der Waals surface area contributed by atoms with Crippen LogP contribution in [0.25, 0.3) is 22.6 Å². The first-order chi connectivity index (χ1) is 11.8. The summed E-state index contributed by atoms with van der Waals surface area (Å²) in [6.45, 7) is 0.414. The summed E-state index contributed by atoms with van der Waals surface area (Å²) in [4.78, 5) is 20.3. The molecule has 0 spiro atoms. The van der Waals surface area contributed by atoms with Crippen molar-refractivity contribution in [1.29, 1.82) is 0 Å². The van der Waals surface area contributed by atoms with Crippen LogP contribution in [0.15, 0.2) is 70.0 Å². The molecule has 0 unspecified atom stereocenters. The summed E-state index contributed by atoms with van der Waals surface area (Å²) in [6.07, 6.45) is 4.81. The van der Waals surface area contributed by atoms with Crippen LogP contribution in [0.2, 0.25) is 0 Å². The van der Waals surface area contributed by atoms with Crippen LogP contribution in [0.1, 0.15) is 16.1 Å². The van der Waals surface area contributed by atoms with E-state index in [0.29, 0.717) is 23.8 Å². The molecule has 0 aliphatic carbocycles. The number of nitrogens with zero attached hydrogens (tertiary/aromatic N) is 2. The van der Waals surface area contributed by atoms with Gasteiger partial charge in [0, 0.05) is 24.4 Å². The Hall–Kier alpha value is -3.41. The summed E-state index contributed by atoms with van der Waals surface area (Å²) >= 11 is 0. The lowest BCUT2D eigenvalue weighted by Crippen LogP contribution is -2.22. The lowest BCUT2D eigenvalue weighted by molar-refractivity contribution is 0.0923. The van der Waals surface area contributed by atoms with E-state index < -0.39 is 0 Å². The summed E-state index contributed by atoms with van der Waals surface area (Å²) in [5, 5.41) is 2.80. The van der Waals surface area contributed by atoms with Crippen LogP contribution in [0.4, 0.5) is 0 Å². The van der Waals surface area contributed by atoms with Crippen LogP contribution in [0.5, 0.6) is 0 Å². The summed E-state index contributed by atoms with van der Waals surface area (Å²) in [5.41, 5.74) is 3.26. The van der Waals surface area contributed by atoms with Gasteiger partial charge in [-0.25, -0.2) is 4.98 Å². The average molecular weight is 319 g/mol. The van der Waals surface area contributed by atoms with E-state index in [9.17, 15) is 4.79 Å². The molecule has 0 aliphatic rings. The molecule has 0 aliphatic heterocycles. The van der Waals surface area contributed by atoms with Crippen molar-refractivity contribution in [3.05, 3.63) is 72.4 Å². The number of fused-ring (bicyclic) bond motifs is 1. The van der Waals surface area contributed by atoms with Gasteiger partial charge in [0.05, 0.1) is 12.5 Å². The van der Waals surface area contributed by atoms with Crippen molar-refractivity contribution in [1.82, 2.24) is 15.3 Å². The zero-order chi connectivity index (χ0) is 16.4. The molecule has 118 valence electrons.